The van der Waals surface area contributed by atoms with E-state index in [0.717, 1.165) is 0 Å². The van der Waals surface area contributed by atoms with Crippen LogP contribution in [0.4, 0.5) is 55.3 Å². The smallest absolute Gasteiger partial charge is 0.453 e. The number of halogens is 10. The molecule has 0 aliphatic carbocycles. The first kappa shape index (κ1) is 55.9. The Kier molecular flexibility index (Phi) is 17.6. The van der Waals surface area contributed by atoms with Gasteiger partial charge in [0.15, 0.2) is 11.6 Å². The van der Waals surface area contributed by atoms with E-state index in [1.54, 1.807) is 55.5 Å². The van der Waals surface area contributed by atoms with Crippen LogP contribution >= 0.6 is 0 Å². The van der Waals surface area contributed by atoms with Crippen LogP contribution in [0.5, 0.6) is 23.0 Å². The minimum Gasteiger partial charge on any atom is -0.494 e. The van der Waals surface area contributed by atoms with Gasteiger partial charge in [0.25, 0.3) is 0 Å². The van der Waals surface area contributed by atoms with Crippen LogP contribution in [0, 0.1) is 6.92 Å². The molecule has 0 aliphatic heterocycles. The molecule has 0 fully saturated rings. The summed E-state index contributed by atoms with van der Waals surface area (Å²) in [6.45, 7) is 0.855. The molecule has 6 aromatic carbocycles. The Morgan fingerprint density at radius 2 is 0.893 bits per heavy atom. The minimum atomic E-state index is -5.65. The molecule has 10 nitrogen and oxygen atoms in total. The highest BCUT2D eigenvalue weighted by molar-refractivity contribution is 6.16. The van der Waals surface area contributed by atoms with E-state index in [4.69, 9.17) is 30.4 Å². The molecule has 6 aromatic rings. The molecular formula is C55H44F10N2O8. The van der Waals surface area contributed by atoms with Crippen molar-refractivity contribution in [3.8, 4) is 34.1 Å². The van der Waals surface area contributed by atoms with Crippen molar-refractivity contribution in [2.24, 2.45) is 0 Å². The van der Waals surface area contributed by atoms with E-state index in [1.807, 2.05) is 0 Å². The predicted molar refractivity (Wildman–Crippen MR) is 259 cm³/mol. The molecule has 0 atom stereocenters. The summed E-state index contributed by atoms with van der Waals surface area (Å²) in [4.78, 5) is 53.5. The van der Waals surface area contributed by atoms with Gasteiger partial charge < -0.3 is 30.4 Å². The number of rotatable bonds is 21. The molecule has 0 amide bonds. The van der Waals surface area contributed by atoms with Gasteiger partial charge in [0.1, 0.15) is 23.0 Å². The number of hydrogen-bond acceptors (Lipinski definition) is 10. The molecular weight excluding hydrogens is 1010 g/mol. The molecule has 0 bridgehead atoms. The first-order valence-electron chi connectivity index (χ1n) is 22.5. The van der Waals surface area contributed by atoms with Gasteiger partial charge in [-0.3, -0.25) is 9.59 Å². The molecule has 392 valence electrons. The molecule has 6 rings (SSSR count). The number of alkyl halides is 10. The van der Waals surface area contributed by atoms with Crippen LogP contribution in [0.25, 0.3) is 23.3 Å². The van der Waals surface area contributed by atoms with E-state index in [0.29, 0.717) is 33.5 Å². The van der Waals surface area contributed by atoms with Crippen LogP contribution < -0.4 is 30.4 Å². The summed E-state index contributed by atoms with van der Waals surface area (Å²) in [5, 5.41) is 0. The van der Waals surface area contributed by atoms with Crippen LogP contribution in [-0.4, -0.2) is 60.9 Å². The van der Waals surface area contributed by atoms with Gasteiger partial charge in [-0.2, -0.15) is 43.9 Å². The second-order valence-corrected chi connectivity index (χ2v) is 16.7. The molecule has 0 saturated heterocycles. The van der Waals surface area contributed by atoms with Crippen LogP contribution in [-0.2, 0) is 0 Å². The third kappa shape index (κ3) is 14.9. The summed E-state index contributed by atoms with van der Waals surface area (Å²) in [6, 6.07) is 30.8. The summed E-state index contributed by atoms with van der Waals surface area (Å²) in [6.07, 6.45) is -9.66. The maximum Gasteiger partial charge on any atom is 0.453 e. The molecule has 75 heavy (non-hydrogen) atoms. The number of allylic oxidation sites excluding steroid dienone is 2. The zero-order valence-electron chi connectivity index (χ0n) is 39.4. The van der Waals surface area contributed by atoms with Crippen molar-refractivity contribution in [1.82, 2.24) is 0 Å². The van der Waals surface area contributed by atoms with Crippen molar-refractivity contribution in [3.63, 3.8) is 0 Å². The molecule has 0 aliphatic rings. The van der Waals surface area contributed by atoms with Gasteiger partial charge in [0.05, 0.1) is 24.3 Å². The van der Waals surface area contributed by atoms with Crippen molar-refractivity contribution in [3.05, 3.63) is 178 Å². The Balaban J connectivity index is 1.06. The molecule has 0 saturated carbocycles. The Morgan fingerprint density at radius 3 is 1.32 bits per heavy atom. The fourth-order valence-electron chi connectivity index (χ4n) is 7.04. The number of hydrogen-bond donors (Lipinski definition) is 2. The first-order valence-corrected chi connectivity index (χ1v) is 22.5. The summed E-state index contributed by atoms with van der Waals surface area (Å²) in [5.41, 5.74) is 15.9. The van der Waals surface area contributed by atoms with Gasteiger partial charge in [0, 0.05) is 35.3 Å². The van der Waals surface area contributed by atoms with Crippen molar-refractivity contribution in [2.45, 2.75) is 56.8 Å². The molecule has 0 spiro atoms. The fourth-order valence-corrected chi connectivity index (χ4v) is 7.04. The SMILES string of the molecule is Cc1c(N)ccc(-c2ccc(N)cc2C(=O)C=Cc2ccc(C(=O)Oc3ccc(OCCCC(F)(F)C(F)(F)F)cc3)cc2)c1C(=O)C=Cc1ccc(C(=O)Oc2ccc(OCCCC(F)(F)C(F)(F)F)cc2)cc1. The highest BCUT2D eigenvalue weighted by Crippen LogP contribution is 2.40. The van der Waals surface area contributed by atoms with Gasteiger partial charge in [0.2, 0.25) is 0 Å². The third-order valence-corrected chi connectivity index (χ3v) is 11.2. The monoisotopic (exact) mass is 1050 g/mol. The summed E-state index contributed by atoms with van der Waals surface area (Å²) < 4.78 is 148. The van der Waals surface area contributed by atoms with Gasteiger partial charge >= 0.3 is 36.1 Å². The Hall–Kier alpha value is -8.42. The van der Waals surface area contributed by atoms with E-state index in [9.17, 15) is 63.1 Å². The maximum atomic E-state index is 14.0. The Labute approximate surface area is 422 Å². The summed E-state index contributed by atoms with van der Waals surface area (Å²) in [7, 11) is 0. The lowest BCUT2D eigenvalue weighted by Gasteiger charge is -2.19. The van der Waals surface area contributed by atoms with Gasteiger partial charge in [-0.1, -0.05) is 48.6 Å². The zero-order chi connectivity index (χ0) is 54.7. The number of carbonyl (C=O) groups is 4. The van der Waals surface area contributed by atoms with E-state index >= 15 is 0 Å². The molecule has 0 heterocycles. The Bertz CT molecular complexity index is 3060. The Morgan fingerprint density at radius 1 is 0.493 bits per heavy atom. The van der Waals surface area contributed by atoms with E-state index in [-0.39, 0.29) is 50.9 Å². The molecule has 0 radical (unpaired) electrons. The van der Waals surface area contributed by atoms with Crippen LogP contribution in [0.2, 0.25) is 0 Å². The standard InChI is InChI=1S/C55H44F10N2O8/c1-33-46(67)25-24-44(49(33)48(69)27-9-35-6-12-37(13-7-35)51(71)75-42-21-17-40(18-22-42)73-31-3-29-53(58,59)55(63,64)65)43-23-14-38(66)32-45(43)47(68)26-8-34-4-10-36(11-5-34)50(70)74-41-19-15-39(16-20-41)72-30-2-28-52(56,57)54(60,61)62/h4-27,32H,2-3,28-31,66-67H2,1H3. The quantitative estimate of drug-likeness (QED) is 0.0135. The fraction of sp³-hybridized carbons (Fsp3) is 0.200. The van der Waals surface area contributed by atoms with Crippen molar-refractivity contribution in [1.29, 1.82) is 0 Å². The number of ether oxygens (including phenoxy) is 4. The zero-order valence-corrected chi connectivity index (χ0v) is 39.4. The number of nitrogen functional groups attached to an aromatic ring is 2. The first-order chi connectivity index (χ1) is 35.3. The highest BCUT2D eigenvalue weighted by atomic mass is 19.4. The van der Waals surface area contributed by atoms with Crippen LogP contribution in [0.3, 0.4) is 0 Å². The predicted octanol–water partition coefficient (Wildman–Crippen LogP) is 13.8. The second-order valence-electron chi connectivity index (χ2n) is 16.7. The molecule has 0 unspecified atom stereocenters. The van der Waals surface area contributed by atoms with E-state index in [1.165, 1.54) is 103 Å². The number of benzene rings is 6. The number of carbonyl (C=O) groups excluding carboxylic acids is 4. The van der Waals surface area contributed by atoms with Crippen molar-refractivity contribution < 1.29 is 82.0 Å². The number of nitrogens with two attached hydrogens (primary N) is 2. The number of anilines is 2. The highest BCUT2D eigenvalue weighted by Gasteiger charge is 2.57. The lowest BCUT2D eigenvalue weighted by atomic mass is 9.88. The normalized spacial score (nSPS) is 12.2. The average molecular weight is 1050 g/mol. The average Bonchev–Trinajstić information content (AvgIpc) is 3.36. The summed E-state index contributed by atoms with van der Waals surface area (Å²) in [5.74, 6) is -11.6. The largest absolute Gasteiger partial charge is 0.494 e. The van der Waals surface area contributed by atoms with Gasteiger partial charge in [-0.05, 0) is 151 Å². The van der Waals surface area contributed by atoms with Crippen molar-refractivity contribution >= 4 is 47.0 Å². The lowest BCUT2D eigenvalue weighted by Crippen LogP contribution is -2.36. The minimum absolute atomic E-state index is 0.0967. The van der Waals surface area contributed by atoms with Crippen LogP contribution in [0.1, 0.15) is 83.8 Å². The van der Waals surface area contributed by atoms with Crippen LogP contribution in [0.15, 0.2) is 140 Å². The van der Waals surface area contributed by atoms with Gasteiger partial charge in [-0.25, -0.2) is 9.59 Å². The second kappa shape index (κ2) is 23.6. The third-order valence-electron chi connectivity index (χ3n) is 11.2. The molecule has 0 aromatic heterocycles. The summed E-state index contributed by atoms with van der Waals surface area (Å²) >= 11 is 0. The number of esters is 2. The van der Waals surface area contributed by atoms with Crippen molar-refractivity contribution in [2.75, 3.05) is 24.7 Å². The lowest BCUT2D eigenvalue weighted by molar-refractivity contribution is -0.284. The van der Waals surface area contributed by atoms with E-state index in [2.05, 4.69) is 0 Å². The topological polar surface area (TPSA) is 157 Å². The molecule has 4 N–H and O–H groups in total. The number of ketones is 2. The maximum absolute atomic E-state index is 14.0. The molecule has 20 heteroatoms. The van der Waals surface area contributed by atoms with Gasteiger partial charge in [-0.15, -0.1) is 0 Å². The van der Waals surface area contributed by atoms with E-state index < -0.39 is 86.6 Å².